The number of fused-ring (bicyclic) bond motifs is 1. The molecule has 1 aliphatic carbocycles. The molecule has 1 fully saturated rings. The number of amides is 1. The fourth-order valence-electron chi connectivity index (χ4n) is 5.17. The molecule has 1 aliphatic heterocycles. The van der Waals surface area contributed by atoms with Gasteiger partial charge in [-0.2, -0.15) is 0 Å². The molecule has 1 heterocycles. The zero-order chi connectivity index (χ0) is 28.2. The number of halogens is 1. The van der Waals surface area contributed by atoms with Crippen molar-refractivity contribution in [2.75, 3.05) is 35.8 Å². The molecule has 2 aliphatic rings. The van der Waals surface area contributed by atoms with Gasteiger partial charge in [0.2, 0.25) is 15.9 Å². The number of aryl methyl sites for hydroxylation is 1. The number of anilines is 2. The van der Waals surface area contributed by atoms with Crippen LogP contribution in [0.4, 0.5) is 11.4 Å². The maximum Gasteiger partial charge on any atom is 0.309 e. The number of ether oxygens (including phenoxy) is 1. The van der Waals surface area contributed by atoms with Gasteiger partial charge in [-0.25, -0.2) is 13.1 Å². The number of hydrogen-bond acceptors (Lipinski definition) is 6. The maximum atomic E-state index is 14.0. The summed E-state index contributed by atoms with van der Waals surface area (Å²) < 4.78 is 36.1. The molecule has 2 aromatic carbocycles. The summed E-state index contributed by atoms with van der Waals surface area (Å²) in [6, 6.07) is 12.6. The molecule has 0 radical (unpaired) electrons. The Hall–Kier alpha value is -2.62. The second-order valence-corrected chi connectivity index (χ2v) is 12.9. The second kappa shape index (κ2) is 12.3. The first-order chi connectivity index (χ1) is 18.6. The lowest BCUT2D eigenvalue weighted by atomic mass is 9.88. The van der Waals surface area contributed by atoms with E-state index in [-0.39, 0.29) is 34.6 Å². The summed E-state index contributed by atoms with van der Waals surface area (Å²) in [4.78, 5) is 27.1. The third-order valence-corrected chi connectivity index (χ3v) is 9.75. The predicted molar refractivity (Wildman–Crippen MR) is 154 cm³/mol. The molecule has 2 N–H and O–H groups in total. The number of sulfonamides is 1. The average Bonchev–Trinajstić information content (AvgIpc) is 2.93. The van der Waals surface area contributed by atoms with Gasteiger partial charge >= 0.3 is 5.97 Å². The Morgan fingerprint density at radius 3 is 2.51 bits per heavy atom. The van der Waals surface area contributed by atoms with Crippen molar-refractivity contribution in [1.29, 1.82) is 0 Å². The van der Waals surface area contributed by atoms with Crippen LogP contribution in [0.25, 0.3) is 0 Å². The van der Waals surface area contributed by atoms with Crippen molar-refractivity contribution in [3.63, 3.8) is 0 Å². The molecule has 2 aromatic rings. The largest absolute Gasteiger partial charge is 0.466 e. The minimum atomic E-state index is -3.98. The van der Waals surface area contributed by atoms with E-state index in [1.54, 1.807) is 32.9 Å². The molecule has 0 unspecified atom stereocenters. The molecule has 4 rings (SSSR count). The van der Waals surface area contributed by atoms with Crippen LogP contribution in [0, 0.1) is 11.3 Å². The van der Waals surface area contributed by atoms with Gasteiger partial charge in [0.25, 0.3) is 0 Å². The Balaban J connectivity index is 1.65. The van der Waals surface area contributed by atoms with Crippen LogP contribution in [0.1, 0.15) is 63.6 Å². The SMILES string of the molecule is CCOC(=O)C1CCN(c2ccc(NC(=O)C(C)(C)CCl)cc2S(=O)(=O)N[C@@H]2CCCc3ccccc32)CC1. The van der Waals surface area contributed by atoms with E-state index in [2.05, 4.69) is 10.0 Å². The van der Waals surface area contributed by atoms with Crippen LogP contribution in [-0.4, -0.2) is 45.9 Å². The molecule has 0 aromatic heterocycles. The van der Waals surface area contributed by atoms with Crippen molar-refractivity contribution in [2.45, 2.75) is 63.8 Å². The predicted octanol–water partition coefficient (Wildman–Crippen LogP) is 5.03. The van der Waals surface area contributed by atoms with Crippen LogP contribution in [0.15, 0.2) is 47.4 Å². The first kappa shape index (κ1) is 29.4. The van der Waals surface area contributed by atoms with E-state index in [1.165, 1.54) is 6.07 Å². The van der Waals surface area contributed by atoms with Crippen molar-refractivity contribution < 1.29 is 22.7 Å². The van der Waals surface area contributed by atoms with E-state index in [1.807, 2.05) is 29.2 Å². The number of nitrogens with zero attached hydrogens (tertiary/aromatic N) is 1. The average molecular weight is 576 g/mol. The van der Waals surface area contributed by atoms with E-state index in [4.69, 9.17) is 16.3 Å². The zero-order valence-electron chi connectivity index (χ0n) is 22.8. The highest BCUT2D eigenvalue weighted by atomic mass is 35.5. The Bertz CT molecular complexity index is 1310. The molecule has 8 nitrogen and oxygen atoms in total. The van der Waals surface area contributed by atoms with E-state index < -0.39 is 15.4 Å². The van der Waals surface area contributed by atoms with Crippen molar-refractivity contribution >= 4 is 44.9 Å². The number of carbonyl (C=O) groups excluding carboxylic acids is 2. The summed E-state index contributed by atoms with van der Waals surface area (Å²) in [5.74, 6) is -0.574. The minimum Gasteiger partial charge on any atom is -0.466 e. The van der Waals surface area contributed by atoms with E-state index in [0.717, 1.165) is 24.0 Å². The number of hydrogen-bond donors (Lipinski definition) is 2. The van der Waals surface area contributed by atoms with Gasteiger partial charge in [-0.3, -0.25) is 9.59 Å². The summed E-state index contributed by atoms with van der Waals surface area (Å²) in [6.45, 7) is 6.63. The van der Waals surface area contributed by atoms with Crippen LogP contribution < -0.4 is 14.9 Å². The Kier molecular flexibility index (Phi) is 9.24. The molecule has 39 heavy (non-hydrogen) atoms. The topological polar surface area (TPSA) is 105 Å². The Morgan fingerprint density at radius 1 is 1.10 bits per heavy atom. The van der Waals surface area contributed by atoms with Crippen LogP contribution in [0.3, 0.4) is 0 Å². The van der Waals surface area contributed by atoms with Gasteiger partial charge < -0.3 is 15.0 Å². The number of nitrogens with one attached hydrogen (secondary N) is 2. The molecule has 1 saturated heterocycles. The van der Waals surface area contributed by atoms with Crippen LogP contribution >= 0.6 is 11.6 Å². The number of esters is 1. The van der Waals surface area contributed by atoms with Crippen molar-refractivity contribution in [1.82, 2.24) is 4.72 Å². The van der Waals surface area contributed by atoms with Gasteiger partial charge in [-0.15, -0.1) is 11.6 Å². The number of alkyl halides is 1. The summed E-state index contributed by atoms with van der Waals surface area (Å²) in [7, 11) is -3.98. The van der Waals surface area contributed by atoms with Crippen LogP contribution in [-0.2, 0) is 30.8 Å². The van der Waals surface area contributed by atoms with Crippen molar-refractivity contribution in [2.24, 2.45) is 11.3 Å². The monoisotopic (exact) mass is 575 g/mol. The minimum absolute atomic E-state index is 0.0987. The molecule has 0 bridgehead atoms. The normalized spacial score (nSPS) is 18.4. The molecule has 0 saturated carbocycles. The highest BCUT2D eigenvalue weighted by Gasteiger charge is 2.33. The fraction of sp³-hybridized carbons (Fsp3) is 0.517. The van der Waals surface area contributed by atoms with Gasteiger partial charge in [-0.1, -0.05) is 24.3 Å². The first-order valence-electron chi connectivity index (χ1n) is 13.6. The highest BCUT2D eigenvalue weighted by Crippen LogP contribution is 2.36. The zero-order valence-corrected chi connectivity index (χ0v) is 24.4. The third kappa shape index (κ3) is 6.76. The maximum absolute atomic E-state index is 14.0. The summed E-state index contributed by atoms with van der Waals surface area (Å²) >= 11 is 5.98. The van der Waals surface area contributed by atoms with Gasteiger partial charge in [0.1, 0.15) is 4.90 Å². The van der Waals surface area contributed by atoms with Crippen LogP contribution in [0.5, 0.6) is 0 Å². The molecule has 10 heteroatoms. The molecule has 212 valence electrons. The molecule has 1 amide bonds. The Morgan fingerprint density at radius 2 is 1.82 bits per heavy atom. The van der Waals surface area contributed by atoms with Gasteiger partial charge in [0.05, 0.1) is 23.6 Å². The number of piperidine rings is 1. The summed E-state index contributed by atoms with van der Waals surface area (Å²) in [5.41, 5.74) is 2.26. The lowest BCUT2D eigenvalue weighted by Gasteiger charge is -2.34. The lowest BCUT2D eigenvalue weighted by molar-refractivity contribution is -0.148. The second-order valence-electron chi connectivity index (χ2n) is 10.9. The molecular weight excluding hydrogens is 538 g/mol. The fourth-order valence-corrected chi connectivity index (χ4v) is 6.79. The smallest absolute Gasteiger partial charge is 0.309 e. The summed E-state index contributed by atoms with van der Waals surface area (Å²) in [5, 5.41) is 2.84. The van der Waals surface area contributed by atoms with E-state index in [9.17, 15) is 18.0 Å². The molecule has 0 spiro atoms. The van der Waals surface area contributed by atoms with Crippen molar-refractivity contribution in [3.8, 4) is 0 Å². The van der Waals surface area contributed by atoms with Gasteiger partial charge in [0.15, 0.2) is 0 Å². The number of benzene rings is 2. The molecule has 1 atom stereocenters. The number of carbonyl (C=O) groups is 2. The molecular formula is C29H38ClN3O5S. The quantitative estimate of drug-likeness (QED) is 0.321. The van der Waals surface area contributed by atoms with E-state index in [0.29, 0.717) is 50.3 Å². The van der Waals surface area contributed by atoms with Crippen molar-refractivity contribution in [3.05, 3.63) is 53.6 Å². The van der Waals surface area contributed by atoms with Gasteiger partial charge in [-0.05, 0) is 82.2 Å². The standard InChI is InChI=1S/C29H38ClN3O5S/c1-4-38-27(34)21-14-16-33(17-15-21)25-13-12-22(31-28(35)29(2,3)19-30)18-26(25)39(36,37)32-24-11-7-9-20-8-5-6-10-23(20)24/h5-6,8,10,12-13,18,21,24,32H,4,7,9,11,14-17,19H2,1-3H3,(H,31,35)/t24-/m1/s1. The number of rotatable bonds is 9. The lowest BCUT2D eigenvalue weighted by Crippen LogP contribution is -2.39. The first-order valence-corrected chi connectivity index (χ1v) is 15.6. The van der Waals surface area contributed by atoms with Gasteiger partial charge in [0, 0.05) is 30.7 Å². The van der Waals surface area contributed by atoms with E-state index >= 15 is 0 Å². The third-order valence-electron chi connectivity index (χ3n) is 7.58. The Labute approximate surface area is 236 Å². The highest BCUT2D eigenvalue weighted by molar-refractivity contribution is 7.89. The summed E-state index contributed by atoms with van der Waals surface area (Å²) in [6.07, 6.45) is 3.67. The van der Waals surface area contributed by atoms with Crippen LogP contribution in [0.2, 0.25) is 0 Å².